The van der Waals surface area contributed by atoms with Gasteiger partial charge >= 0.3 is 0 Å². The number of nitrogens with one attached hydrogen (secondary N) is 1. The molecule has 0 bridgehead atoms. The molecule has 27 heavy (non-hydrogen) atoms. The molecule has 0 unspecified atom stereocenters. The van der Waals surface area contributed by atoms with Crippen molar-refractivity contribution in [2.45, 2.75) is 26.3 Å². The molecule has 1 atom stereocenters. The second kappa shape index (κ2) is 8.85. The highest BCUT2D eigenvalue weighted by Crippen LogP contribution is 2.27. The van der Waals surface area contributed by atoms with Crippen molar-refractivity contribution in [3.8, 4) is 5.75 Å². The molecule has 1 amide bonds. The van der Waals surface area contributed by atoms with Crippen molar-refractivity contribution in [1.82, 2.24) is 0 Å². The summed E-state index contributed by atoms with van der Waals surface area (Å²) in [6.45, 7) is 3.96. The SMILES string of the molecule is CCOc1ccccc1NC(=O)[C@@H](CC)N(c1ccc(F)cc1)S(C)(=O)=O. The lowest BCUT2D eigenvalue weighted by atomic mass is 10.1. The Morgan fingerprint density at radius 3 is 2.33 bits per heavy atom. The zero-order valence-electron chi connectivity index (χ0n) is 15.5. The number of carbonyl (C=O) groups is 1. The number of hydrogen-bond donors (Lipinski definition) is 1. The maximum atomic E-state index is 13.2. The number of carbonyl (C=O) groups excluding carboxylic acids is 1. The Morgan fingerprint density at radius 1 is 1.15 bits per heavy atom. The fraction of sp³-hybridized carbons (Fsp3) is 0.316. The summed E-state index contributed by atoms with van der Waals surface area (Å²) in [5, 5.41) is 2.74. The van der Waals surface area contributed by atoms with E-state index in [1.165, 1.54) is 12.1 Å². The van der Waals surface area contributed by atoms with E-state index in [9.17, 15) is 17.6 Å². The van der Waals surface area contributed by atoms with Gasteiger partial charge in [0.05, 0.1) is 24.2 Å². The van der Waals surface area contributed by atoms with Gasteiger partial charge in [-0.05, 0) is 49.7 Å². The van der Waals surface area contributed by atoms with Gasteiger partial charge in [-0.25, -0.2) is 12.8 Å². The first kappa shape index (κ1) is 20.7. The molecule has 0 heterocycles. The summed E-state index contributed by atoms with van der Waals surface area (Å²) in [5.41, 5.74) is 0.675. The Morgan fingerprint density at radius 2 is 1.78 bits per heavy atom. The lowest BCUT2D eigenvalue weighted by Gasteiger charge is -2.30. The van der Waals surface area contributed by atoms with E-state index in [-0.39, 0.29) is 12.1 Å². The molecule has 0 saturated heterocycles. The van der Waals surface area contributed by atoms with Gasteiger partial charge in [-0.3, -0.25) is 9.10 Å². The molecule has 2 rings (SSSR count). The zero-order chi connectivity index (χ0) is 20.0. The highest BCUT2D eigenvalue weighted by Gasteiger charge is 2.31. The Kier molecular flexibility index (Phi) is 6.79. The van der Waals surface area contributed by atoms with Crippen molar-refractivity contribution in [2.24, 2.45) is 0 Å². The van der Waals surface area contributed by atoms with Gasteiger partial charge < -0.3 is 10.1 Å². The smallest absolute Gasteiger partial charge is 0.248 e. The molecule has 8 heteroatoms. The Hall–Kier alpha value is -2.61. The van der Waals surface area contributed by atoms with Crippen LogP contribution in [0.4, 0.5) is 15.8 Å². The number of anilines is 2. The lowest BCUT2D eigenvalue weighted by molar-refractivity contribution is -0.117. The van der Waals surface area contributed by atoms with E-state index < -0.39 is 27.8 Å². The van der Waals surface area contributed by atoms with Crippen LogP contribution < -0.4 is 14.4 Å². The largest absolute Gasteiger partial charge is 0.492 e. The van der Waals surface area contributed by atoms with Crippen molar-refractivity contribution in [2.75, 3.05) is 22.5 Å². The van der Waals surface area contributed by atoms with Crippen LogP contribution in [0.1, 0.15) is 20.3 Å². The number of hydrogen-bond acceptors (Lipinski definition) is 4. The van der Waals surface area contributed by atoms with Crippen LogP contribution >= 0.6 is 0 Å². The summed E-state index contributed by atoms with van der Waals surface area (Å²) in [5.74, 6) is -0.495. The third-order valence-corrected chi connectivity index (χ3v) is 5.04. The highest BCUT2D eigenvalue weighted by molar-refractivity contribution is 7.92. The van der Waals surface area contributed by atoms with Crippen molar-refractivity contribution in [3.05, 3.63) is 54.3 Å². The third kappa shape index (κ3) is 5.19. The minimum Gasteiger partial charge on any atom is -0.492 e. The number of sulfonamides is 1. The van der Waals surface area contributed by atoms with Gasteiger partial charge in [0.25, 0.3) is 0 Å². The monoisotopic (exact) mass is 394 g/mol. The fourth-order valence-corrected chi connectivity index (χ4v) is 3.93. The summed E-state index contributed by atoms with van der Waals surface area (Å²) >= 11 is 0. The Balaban J connectivity index is 2.37. The first-order valence-electron chi connectivity index (χ1n) is 8.55. The maximum absolute atomic E-state index is 13.2. The van der Waals surface area contributed by atoms with Gasteiger partial charge in [0, 0.05) is 0 Å². The minimum atomic E-state index is -3.78. The molecular formula is C19H23FN2O4S. The van der Waals surface area contributed by atoms with Gasteiger partial charge in [0.15, 0.2) is 0 Å². The van der Waals surface area contributed by atoms with Crippen LogP contribution in [-0.2, 0) is 14.8 Å². The van der Waals surface area contributed by atoms with Crippen molar-refractivity contribution >= 4 is 27.3 Å². The number of rotatable bonds is 8. The van der Waals surface area contributed by atoms with Crippen LogP contribution in [0.3, 0.4) is 0 Å². The number of ether oxygens (including phenoxy) is 1. The predicted molar refractivity (Wildman–Crippen MR) is 104 cm³/mol. The molecular weight excluding hydrogens is 371 g/mol. The molecule has 0 aliphatic heterocycles. The summed E-state index contributed by atoms with van der Waals surface area (Å²) in [4.78, 5) is 12.9. The zero-order valence-corrected chi connectivity index (χ0v) is 16.3. The second-order valence-corrected chi connectivity index (χ2v) is 7.74. The highest BCUT2D eigenvalue weighted by atomic mass is 32.2. The number of halogens is 1. The first-order chi connectivity index (χ1) is 12.8. The van der Waals surface area contributed by atoms with E-state index in [4.69, 9.17) is 4.74 Å². The molecule has 1 N–H and O–H groups in total. The van der Waals surface area contributed by atoms with Crippen molar-refractivity contribution in [3.63, 3.8) is 0 Å². The van der Waals surface area contributed by atoms with Crippen LogP contribution in [0, 0.1) is 5.82 Å². The van der Waals surface area contributed by atoms with E-state index in [1.54, 1.807) is 31.2 Å². The molecule has 0 radical (unpaired) electrons. The van der Waals surface area contributed by atoms with E-state index in [1.807, 2.05) is 6.92 Å². The molecule has 6 nitrogen and oxygen atoms in total. The van der Waals surface area contributed by atoms with Crippen LogP contribution in [0.5, 0.6) is 5.75 Å². The van der Waals surface area contributed by atoms with Crippen molar-refractivity contribution in [1.29, 1.82) is 0 Å². The quantitative estimate of drug-likeness (QED) is 0.745. The average molecular weight is 394 g/mol. The molecule has 0 aromatic heterocycles. The summed E-state index contributed by atoms with van der Waals surface area (Å²) in [6, 6.07) is 10.9. The molecule has 0 aliphatic rings. The molecule has 0 saturated carbocycles. The van der Waals surface area contributed by atoms with Gasteiger partial charge in [-0.1, -0.05) is 19.1 Å². The Labute approximate surface area is 159 Å². The molecule has 0 fully saturated rings. The van der Waals surface area contributed by atoms with E-state index in [0.717, 1.165) is 22.7 Å². The van der Waals surface area contributed by atoms with Crippen LogP contribution in [0.25, 0.3) is 0 Å². The summed E-state index contributed by atoms with van der Waals surface area (Å²) < 4.78 is 44.5. The van der Waals surface area contributed by atoms with Crippen LogP contribution in [-0.4, -0.2) is 33.2 Å². The van der Waals surface area contributed by atoms with Gasteiger partial charge in [-0.2, -0.15) is 0 Å². The number of benzene rings is 2. The fourth-order valence-electron chi connectivity index (χ4n) is 2.72. The molecule has 2 aromatic rings. The third-order valence-electron chi connectivity index (χ3n) is 3.86. The summed E-state index contributed by atoms with van der Waals surface area (Å²) in [7, 11) is -3.78. The number of nitrogens with zero attached hydrogens (tertiary/aromatic N) is 1. The topological polar surface area (TPSA) is 75.7 Å². The lowest BCUT2D eigenvalue weighted by Crippen LogP contribution is -2.47. The van der Waals surface area contributed by atoms with Crippen LogP contribution in [0.15, 0.2) is 48.5 Å². The second-order valence-electron chi connectivity index (χ2n) is 5.88. The van der Waals surface area contributed by atoms with E-state index in [0.29, 0.717) is 18.0 Å². The molecule has 2 aromatic carbocycles. The Bertz CT molecular complexity index is 885. The average Bonchev–Trinajstić information content (AvgIpc) is 2.61. The minimum absolute atomic E-state index is 0.221. The molecule has 0 aliphatic carbocycles. The summed E-state index contributed by atoms with van der Waals surface area (Å²) in [6.07, 6.45) is 1.24. The standard InChI is InChI=1S/C19H23FN2O4S/c1-4-17(19(23)21-16-8-6-7-9-18(16)26-5-2)22(27(3,24)25)15-12-10-14(20)11-13-15/h6-13,17H,4-5H2,1-3H3,(H,21,23)/t17-/m1/s1. The normalized spacial score (nSPS) is 12.3. The van der Waals surface area contributed by atoms with Gasteiger partial charge in [-0.15, -0.1) is 0 Å². The first-order valence-corrected chi connectivity index (χ1v) is 10.4. The van der Waals surface area contributed by atoms with E-state index >= 15 is 0 Å². The maximum Gasteiger partial charge on any atom is 0.248 e. The molecule has 146 valence electrons. The van der Waals surface area contributed by atoms with Gasteiger partial charge in [0.1, 0.15) is 17.6 Å². The van der Waals surface area contributed by atoms with Crippen molar-refractivity contribution < 1.29 is 22.3 Å². The van der Waals surface area contributed by atoms with E-state index in [2.05, 4.69) is 5.32 Å². The van der Waals surface area contributed by atoms with Gasteiger partial charge in [0.2, 0.25) is 15.9 Å². The number of amides is 1. The molecule has 0 spiro atoms. The predicted octanol–water partition coefficient (Wildman–Crippen LogP) is 3.41. The van der Waals surface area contributed by atoms with Crippen LogP contribution in [0.2, 0.25) is 0 Å². The number of para-hydroxylation sites is 2.